The van der Waals surface area contributed by atoms with E-state index in [-0.39, 0.29) is 31.1 Å². The van der Waals surface area contributed by atoms with Gasteiger partial charge in [-0.2, -0.15) is 0 Å². The number of methoxy groups -OCH3 is 1. The van der Waals surface area contributed by atoms with Crippen molar-refractivity contribution in [3.8, 4) is 0 Å². The number of ether oxygens (including phenoxy) is 1. The van der Waals surface area contributed by atoms with Crippen LogP contribution in [-0.4, -0.2) is 48.1 Å². The predicted octanol–water partition coefficient (Wildman–Crippen LogP) is 1.29. The van der Waals surface area contributed by atoms with E-state index >= 15 is 0 Å². The Morgan fingerprint density at radius 2 is 1.79 bits per heavy atom. The minimum absolute atomic E-state index is 0.0156. The SMILES string of the molecule is COC(=O)CCN(CC(C)C)C(=O)CCCC(=O)O. The van der Waals surface area contributed by atoms with Gasteiger partial charge in [0, 0.05) is 25.9 Å². The quantitative estimate of drug-likeness (QED) is 0.640. The molecular weight excluding hydrogens is 250 g/mol. The molecule has 0 aliphatic carbocycles. The van der Waals surface area contributed by atoms with Gasteiger partial charge < -0.3 is 14.7 Å². The predicted molar refractivity (Wildman–Crippen MR) is 69.5 cm³/mol. The average Bonchev–Trinajstić information content (AvgIpc) is 2.32. The van der Waals surface area contributed by atoms with Crippen molar-refractivity contribution in [2.24, 2.45) is 5.92 Å². The number of carbonyl (C=O) groups excluding carboxylic acids is 2. The van der Waals surface area contributed by atoms with Gasteiger partial charge in [0.15, 0.2) is 0 Å². The number of hydrogen-bond donors (Lipinski definition) is 1. The molecule has 0 atom stereocenters. The Bertz CT molecular complexity index is 314. The van der Waals surface area contributed by atoms with Gasteiger partial charge in [-0.15, -0.1) is 0 Å². The van der Waals surface area contributed by atoms with Crippen LogP contribution in [0.1, 0.15) is 39.5 Å². The van der Waals surface area contributed by atoms with Crippen LogP contribution >= 0.6 is 0 Å². The molecule has 0 aromatic carbocycles. The van der Waals surface area contributed by atoms with E-state index in [9.17, 15) is 14.4 Å². The van der Waals surface area contributed by atoms with Crippen LogP contribution in [0.5, 0.6) is 0 Å². The number of aliphatic carboxylic acids is 1. The van der Waals surface area contributed by atoms with E-state index in [1.54, 1.807) is 4.90 Å². The molecular formula is C13H23NO5. The summed E-state index contributed by atoms with van der Waals surface area (Å²) in [4.78, 5) is 35.0. The molecule has 0 rings (SSSR count). The van der Waals surface area contributed by atoms with E-state index in [1.165, 1.54) is 7.11 Å². The second-order valence-electron chi connectivity index (χ2n) is 4.81. The zero-order valence-corrected chi connectivity index (χ0v) is 11.8. The largest absolute Gasteiger partial charge is 0.481 e. The van der Waals surface area contributed by atoms with Crippen LogP contribution in [0.15, 0.2) is 0 Å². The number of hydrogen-bond acceptors (Lipinski definition) is 4. The lowest BCUT2D eigenvalue weighted by atomic mass is 10.1. The summed E-state index contributed by atoms with van der Waals surface area (Å²) in [6.07, 6.45) is 0.660. The third kappa shape index (κ3) is 9.04. The molecule has 6 nitrogen and oxygen atoms in total. The first kappa shape index (κ1) is 17.4. The van der Waals surface area contributed by atoms with Crippen LogP contribution in [0, 0.1) is 5.92 Å². The number of nitrogens with zero attached hydrogens (tertiary/aromatic N) is 1. The number of rotatable bonds is 9. The molecule has 110 valence electrons. The summed E-state index contributed by atoms with van der Waals surface area (Å²) in [6.45, 7) is 4.84. The fourth-order valence-corrected chi connectivity index (χ4v) is 1.64. The molecule has 0 bridgehead atoms. The van der Waals surface area contributed by atoms with E-state index in [2.05, 4.69) is 4.74 Å². The smallest absolute Gasteiger partial charge is 0.307 e. The lowest BCUT2D eigenvalue weighted by Crippen LogP contribution is -2.36. The summed E-state index contributed by atoms with van der Waals surface area (Å²) >= 11 is 0. The second kappa shape index (κ2) is 9.35. The van der Waals surface area contributed by atoms with Gasteiger partial charge in [-0.25, -0.2) is 0 Å². The Morgan fingerprint density at radius 3 is 2.26 bits per heavy atom. The molecule has 0 spiro atoms. The Labute approximate surface area is 113 Å². The van der Waals surface area contributed by atoms with Crippen molar-refractivity contribution in [2.45, 2.75) is 39.5 Å². The Hall–Kier alpha value is -1.59. The monoisotopic (exact) mass is 273 g/mol. The van der Waals surface area contributed by atoms with E-state index in [4.69, 9.17) is 5.11 Å². The highest BCUT2D eigenvalue weighted by Crippen LogP contribution is 2.06. The summed E-state index contributed by atoms with van der Waals surface area (Å²) in [5.41, 5.74) is 0. The van der Waals surface area contributed by atoms with E-state index < -0.39 is 5.97 Å². The van der Waals surface area contributed by atoms with E-state index in [0.717, 1.165) is 0 Å². The van der Waals surface area contributed by atoms with Gasteiger partial charge in [-0.3, -0.25) is 14.4 Å². The molecule has 0 fully saturated rings. The van der Waals surface area contributed by atoms with Gasteiger partial charge in [0.2, 0.25) is 5.91 Å². The summed E-state index contributed by atoms with van der Waals surface area (Å²) in [7, 11) is 1.31. The van der Waals surface area contributed by atoms with Crippen molar-refractivity contribution in [2.75, 3.05) is 20.2 Å². The second-order valence-corrected chi connectivity index (χ2v) is 4.81. The molecule has 0 aromatic rings. The highest BCUT2D eigenvalue weighted by atomic mass is 16.5. The molecule has 6 heteroatoms. The van der Waals surface area contributed by atoms with Crippen molar-refractivity contribution >= 4 is 17.8 Å². The third-order valence-electron chi connectivity index (χ3n) is 2.53. The number of amides is 1. The standard InChI is InChI=1S/C13H23NO5/c1-10(2)9-14(8-7-13(18)19-3)11(15)5-4-6-12(16)17/h10H,4-9H2,1-3H3,(H,16,17). The fourth-order valence-electron chi connectivity index (χ4n) is 1.64. The van der Waals surface area contributed by atoms with Crippen LogP contribution in [0.25, 0.3) is 0 Å². The van der Waals surface area contributed by atoms with Crippen molar-refractivity contribution in [1.29, 1.82) is 0 Å². The maximum absolute atomic E-state index is 11.9. The van der Waals surface area contributed by atoms with Gasteiger partial charge in [0.05, 0.1) is 13.5 Å². The normalized spacial score (nSPS) is 10.3. The molecule has 1 amide bonds. The van der Waals surface area contributed by atoms with Crippen LogP contribution in [0.4, 0.5) is 0 Å². The summed E-state index contributed by atoms with van der Waals surface area (Å²) in [5, 5.41) is 8.53. The third-order valence-corrected chi connectivity index (χ3v) is 2.53. The summed E-state index contributed by atoms with van der Waals surface area (Å²) in [6, 6.07) is 0. The number of carboxylic acids is 1. The fraction of sp³-hybridized carbons (Fsp3) is 0.769. The minimum Gasteiger partial charge on any atom is -0.481 e. The maximum atomic E-state index is 11.9. The van der Waals surface area contributed by atoms with Crippen LogP contribution in [0.3, 0.4) is 0 Å². The molecule has 0 saturated carbocycles. The average molecular weight is 273 g/mol. The summed E-state index contributed by atoms with van der Waals surface area (Å²) < 4.78 is 4.54. The van der Waals surface area contributed by atoms with Crippen molar-refractivity contribution in [3.05, 3.63) is 0 Å². The molecule has 0 aliphatic heterocycles. The first-order valence-corrected chi connectivity index (χ1v) is 6.43. The lowest BCUT2D eigenvalue weighted by Gasteiger charge is -2.24. The first-order chi connectivity index (χ1) is 8.86. The zero-order chi connectivity index (χ0) is 14.8. The number of carboxylic acid groups (broad SMARTS) is 1. The maximum Gasteiger partial charge on any atom is 0.307 e. The number of esters is 1. The van der Waals surface area contributed by atoms with Crippen LogP contribution in [-0.2, 0) is 19.1 Å². The van der Waals surface area contributed by atoms with Crippen LogP contribution in [0.2, 0.25) is 0 Å². The highest BCUT2D eigenvalue weighted by Gasteiger charge is 2.16. The van der Waals surface area contributed by atoms with Gasteiger partial charge in [0.25, 0.3) is 0 Å². The topological polar surface area (TPSA) is 83.9 Å². The molecule has 0 heterocycles. The molecule has 0 unspecified atom stereocenters. The van der Waals surface area contributed by atoms with Crippen molar-refractivity contribution in [1.82, 2.24) is 4.90 Å². The molecule has 0 saturated heterocycles. The van der Waals surface area contributed by atoms with Crippen molar-refractivity contribution < 1.29 is 24.2 Å². The van der Waals surface area contributed by atoms with Crippen molar-refractivity contribution in [3.63, 3.8) is 0 Å². The molecule has 0 radical (unpaired) electrons. The molecule has 0 aromatic heterocycles. The highest BCUT2D eigenvalue weighted by molar-refractivity contribution is 5.78. The van der Waals surface area contributed by atoms with Gasteiger partial charge in [0.1, 0.15) is 0 Å². The minimum atomic E-state index is -0.905. The van der Waals surface area contributed by atoms with Gasteiger partial charge in [-0.1, -0.05) is 13.8 Å². The summed E-state index contributed by atoms with van der Waals surface area (Å²) in [5.74, 6) is -1.08. The van der Waals surface area contributed by atoms with Crippen LogP contribution < -0.4 is 0 Å². The van der Waals surface area contributed by atoms with Gasteiger partial charge >= 0.3 is 11.9 Å². The zero-order valence-electron chi connectivity index (χ0n) is 11.8. The molecule has 19 heavy (non-hydrogen) atoms. The molecule has 1 N–H and O–H groups in total. The van der Waals surface area contributed by atoms with E-state index in [0.29, 0.717) is 25.4 Å². The Morgan fingerprint density at radius 1 is 1.16 bits per heavy atom. The van der Waals surface area contributed by atoms with E-state index in [1.807, 2.05) is 13.8 Å². The molecule has 0 aliphatic rings. The lowest BCUT2D eigenvalue weighted by molar-refractivity contribution is -0.142. The Balaban J connectivity index is 4.26. The Kier molecular flexibility index (Phi) is 8.57. The van der Waals surface area contributed by atoms with Gasteiger partial charge in [-0.05, 0) is 12.3 Å². The number of carbonyl (C=O) groups is 3. The first-order valence-electron chi connectivity index (χ1n) is 6.43.